The second-order valence-electron chi connectivity index (χ2n) is 4.68. The SMILES string of the molecule is CCOC(=O)C(C)C(=N)C[C@@H](C)NC(=O)c1ccc(Cl)s1. The molecule has 0 aliphatic heterocycles. The number of esters is 1. The van der Waals surface area contributed by atoms with Gasteiger partial charge in [-0.3, -0.25) is 9.59 Å². The lowest BCUT2D eigenvalue weighted by atomic mass is 10.00. The quantitative estimate of drug-likeness (QED) is 0.595. The normalized spacial score (nSPS) is 13.3. The minimum atomic E-state index is -0.597. The number of hydrogen-bond donors (Lipinski definition) is 2. The van der Waals surface area contributed by atoms with Crippen molar-refractivity contribution < 1.29 is 14.3 Å². The minimum Gasteiger partial charge on any atom is -0.465 e. The number of halogens is 1. The van der Waals surface area contributed by atoms with Crippen LogP contribution in [0.5, 0.6) is 0 Å². The maximum atomic E-state index is 11.9. The first-order valence-corrected chi connectivity index (χ1v) is 7.84. The molecule has 0 radical (unpaired) electrons. The zero-order valence-electron chi connectivity index (χ0n) is 12.2. The molecule has 0 bridgehead atoms. The van der Waals surface area contributed by atoms with Crippen LogP contribution in [-0.2, 0) is 9.53 Å². The van der Waals surface area contributed by atoms with E-state index in [1.165, 1.54) is 11.3 Å². The second kappa shape index (κ2) is 8.14. The molecule has 0 saturated carbocycles. The first-order chi connectivity index (χ1) is 9.85. The van der Waals surface area contributed by atoms with E-state index in [0.717, 1.165) is 0 Å². The monoisotopic (exact) mass is 330 g/mol. The number of thiophene rings is 1. The molecule has 0 spiro atoms. The van der Waals surface area contributed by atoms with Crippen molar-refractivity contribution in [3.63, 3.8) is 0 Å². The third-order valence-corrected chi connectivity index (χ3v) is 4.09. The molecule has 7 heteroatoms. The number of carbonyl (C=O) groups excluding carboxylic acids is 2. The predicted molar refractivity (Wildman–Crippen MR) is 84.4 cm³/mol. The zero-order valence-corrected chi connectivity index (χ0v) is 13.8. The number of rotatable bonds is 7. The van der Waals surface area contributed by atoms with Gasteiger partial charge in [0.05, 0.1) is 21.7 Å². The van der Waals surface area contributed by atoms with Gasteiger partial charge in [-0.2, -0.15) is 0 Å². The fraction of sp³-hybridized carbons (Fsp3) is 0.500. The van der Waals surface area contributed by atoms with Crippen LogP contribution in [0.2, 0.25) is 4.34 Å². The van der Waals surface area contributed by atoms with Gasteiger partial charge >= 0.3 is 5.97 Å². The van der Waals surface area contributed by atoms with E-state index in [-0.39, 0.29) is 17.7 Å². The average molecular weight is 331 g/mol. The van der Waals surface area contributed by atoms with E-state index in [2.05, 4.69) is 5.32 Å². The van der Waals surface area contributed by atoms with Crippen LogP contribution in [0.4, 0.5) is 0 Å². The van der Waals surface area contributed by atoms with Crippen LogP contribution in [0.25, 0.3) is 0 Å². The van der Waals surface area contributed by atoms with Crippen LogP contribution in [-0.4, -0.2) is 30.2 Å². The fourth-order valence-corrected chi connectivity index (χ4v) is 2.64. The lowest BCUT2D eigenvalue weighted by Gasteiger charge is -2.17. The summed E-state index contributed by atoms with van der Waals surface area (Å²) in [5.74, 6) is -1.23. The summed E-state index contributed by atoms with van der Waals surface area (Å²) < 4.78 is 5.43. The van der Waals surface area contributed by atoms with Crippen molar-refractivity contribution in [3.8, 4) is 0 Å². The number of amides is 1. The predicted octanol–water partition coefficient (Wildman–Crippen LogP) is 3.13. The molecule has 1 heterocycles. The van der Waals surface area contributed by atoms with Crippen molar-refractivity contribution in [1.29, 1.82) is 5.41 Å². The molecule has 1 unspecified atom stereocenters. The van der Waals surface area contributed by atoms with E-state index in [1.807, 2.05) is 0 Å². The van der Waals surface area contributed by atoms with Crippen LogP contribution >= 0.6 is 22.9 Å². The van der Waals surface area contributed by atoms with Crippen LogP contribution in [0.3, 0.4) is 0 Å². The highest BCUT2D eigenvalue weighted by atomic mass is 35.5. The molecule has 1 amide bonds. The Balaban J connectivity index is 2.49. The van der Waals surface area contributed by atoms with Crippen LogP contribution in [0.1, 0.15) is 36.9 Å². The Hall–Kier alpha value is -1.40. The lowest BCUT2D eigenvalue weighted by Crippen LogP contribution is -2.36. The molecule has 5 nitrogen and oxygen atoms in total. The van der Waals surface area contributed by atoms with Crippen molar-refractivity contribution in [2.75, 3.05) is 6.61 Å². The van der Waals surface area contributed by atoms with Crippen LogP contribution in [0, 0.1) is 11.3 Å². The van der Waals surface area contributed by atoms with Crippen LogP contribution in [0.15, 0.2) is 12.1 Å². The smallest absolute Gasteiger partial charge is 0.314 e. The molecular weight excluding hydrogens is 312 g/mol. The van der Waals surface area contributed by atoms with Gasteiger partial charge in [-0.1, -0.05) is 11.6 Å². The molecule has 1 aromatic heterocycles. The van der Waals surface area contributed by atoms with Crippen molar-refractivity contribution in [1.82, 2.24) is 5.32 Å². The highest BCUT2D eigenvalue weighted by molar-refractivity contribution is 7.17. The van der Waals surface area contributed by atoms with Gasteiger partial charge < -0.3 is 15.5 Å². The Morgan fingerprint density at radius 3 is 2.62 bits per heavy atom. The van der Waals surface area contributed by atoms with E-state index < -0.39 is 11.9 Å². The highest BCUT2D eigenvalue weighted by Gasteiger charge is 2.22. The first-order valence-electron chi connectivity index (χ1n) is 6.65. The molecule has 0 fully saturated rings. The second-order valence-corrected chi connectivity index (χ2v) is 6.40. The third kappa shape index (κ3) is 5.47. The lowest BCUT2D eigenvalue weighted by molar-refractivity contribution is -0.145. The highest BCUT2D eigenvalue weighted by Crippen LogP contribution is 2.21. The van der Waals surface area contributed by atoms with E-state index in [0.29, 0.717) is 22.2 Å². The first kappa shape index (κ1) is 17.7. The third-order valence-electron chi connectivity index (χ3n) is 2.86. The Kier molecular flexibility index (Phi) is 6.84. The van der Waals surface area contributed by atoms with Crippen molar-refractivity contribution >= 4 is 40.5 Å². The molecule has 1 rings (SSSR count). The molecule has 1 aromatic rings. The van der Waals surface area contributed by atoms with Crippen molar-refractivity contribution in [3.05, 3.63) is 21.3 Å². The molecule has 21 heavy (non-hydrogen) atoms. The summed E-state index contributed by atoms with van der Waals surface area (Å²) in [5.41, 5.74) is 0.241. The summed E-state index contributed by atoms with van der Waals surface area (Å²) in [6.45, 7) is 5.44. The van der Waals surface area contributed by atoms with Gasteiger partial charge in [0.1, 0.15) is 0 Å². The Morgan fingerprint density at radius 2 is 2.10 bits per heavy atom. The van der Waals surface area contributed by atoms with Gasteiger partial charge in [0.15, 0.2) is 0 Å². The summed E-state index contributed by atoms with van der Waals surface area (Å²) in [5, 5.41) is 10.7. The zero-order chi connectivity index (χ0) is 16.0. The molecule has 0 saturated heterocycles. The molecule has 0 aromatic carbocycles. The van der Waals surface area contributed by atoms with E-state index >= 15 is 0 Å². The number of ether oxygens (including phenoxy) is 1. The molecule has 2 N–H and O–H groups in total. The molecule has 2 atom stereocenters. The van der Waals surface area contributed by atoms with Gasteiger partial charge in [-0.15, -0.1) is 11.3 Å². The van der Waals surface area contributed by atoms with Crippen LogP contribution < -0.4 is 5.32 Å². The Bertz CT molecular complexity index is 530. The van der Waals surface area contributed by atoms with E-state index in [9.17, 15) is 9.59 Å². The van der Waals surface area contributed by atoms with Gasteiger partial charge in [0.2, 0.25) is 0 Å². The molecule has 116 valence electrons. The van der Waals surface area contributed by atoms with Gasteiger partial charge in [-0.25, -0.2) is 0 Å². The Morgan fingerprint density at radius 1 is 1.43 bits per heavy atom. The summed E-state index contributed by atoms with van der Waals surface area (Å²) >= 11 is 6.98. The largest absolute Gasteiger partial charge is 0.465 e. The van der Waals surface area contributed by atoms with Gasteiger partial charge in [-0.05, 0) is 32.9 Å². The maximum Gasteiger partial charge on any atom is 0.314 e. The summed E-state index contributed by atoms with van der Waals surface area (Å²) in [4.78, 5) is 24.0. The number of carbonyl (C=O) groups is 2. The van der Waals surface area contributed by atoms with Gasteiger partial charge in [0, 0.05) is 18.2 Å². The molecule has 0 aliphatic carbocycles. The summed E-state index contributed by atoms with van der Waals surface area (Å²) in [6.07, 6.45) is 0.296. The molecule has 0 aliphatic rings. The summed E-state index contributed by atoms with van der Waals surface area (Å²) in [6, 6.07) is 3.07. The maximum absolute atomic E-state index is 11.9. The minimum absolute atomic E-state index is 0.226. The Labute approximate surface area is 133 Å². The van der Waals surface area contributed by atoms with Crippen molar-refractivity contribution in [2.24, 2.45) is 5.92 Å². The summed E-state index contributed by atoms with van der Waals surface area (Å²) in [7, 11) is 0. The van der Waals surface area contributed by atoms with E-state index in [1.54, 1.807) is 32.9 Å². The number of nitrogens with one attached hydrogen (secondary N) is 2. The number of hydrogen-bond acceptors (Lipinski definition) is 5. The standard InChI is InChI=1S/C14H19ClN2O3S/c1-4-20-14(19)9(3)10(16)7-8(2)17-13(18)11-5-6-12(15)21-11/h5-6,8-9,16H,4,7H2,1-3H3,(H,17,18)/t8-,9?/m1/s1. The van der Waals surface area contributed by atoms with E-state index in [4.69, 9.17) is 21.7 Å². The van der Waals surface area contributed by atoms with Gasteiger partial charge in [0.25, 0.3) is 5.91 Å². The van der Waals surface area contributed by atoms with Crippen molar-refractivity contribution in [2.45, 2.75) is 33.2 Å². The topological polar surface area (TPSA) is 79.2 Å². The molecular formula is C14H19ClN2O3S. The fourth-order valence-electron chi connectivity index (χ4n) is 1.70. The average Bonchev–Trinajstić information content (AvgIpc) is 2.84.